The lowest BCUT2D eigenvalue weighted by Gasteiger charge is -2.18. The lowest BCUT2D eigenvalue weighted by atomic mass is 10.1. The molecule has 136 valence electrons. The molecule has 2 heterocycles. The number of rotatable bonds is 6. The first-order valence-corrected chi connectivity index (χ1v) is 9.49. The molecule has 4 rings (SSSR count). The fraction of sp³-hybridized carbons (Fsp3) is 0.444. The van der Waals surface area contributed by atoms with E-state index in [9.17, 15) is 9.59 Å². The standard InChI is InChI=1S/C18H20N4O3S/c1-25-14-5-3-2-4-12(14)9-22-10-13(8-15(22)23)16(24)19-18-21-20-17(26-18)11-6-7-11/h2-5,11,13H,6-10H2,1H3,(H,19,21,24)/t13-/m1/s1. The van der Waals surface area contributed by atoms with Gasteiger partial charge in [-0.05, 0) is 18.9 Å². The molecule has 1 N–H and O–H groups in total. The monoisotopic (exact) mass is 372 g/mol. The number of benzene rings is 1. The predicted octanol–water partition coefficient (Wildman–Crippen LogP) is 2.41. The Kier molecular flexibility index (Phi) is 4.58. The summed E-state index contributed by atoms with van der Waals surface area (Å²) in [6.07, 6.45) is 2.52. The van der Waals surface area contributed by atoms with Gasteiger partial charge in [0, 0.05) is 31.0 Å². The minimum atomic E-state index is -0.370. The number of hydrogen-bond acceptors (Lipinski definition) is 6. The van der Waals surface area contributed by atoms with Crippen LogP contribution in [0.1, 0.15) is 35.8 Å². The number of anilines is 1. The van der Waals surface area contributed by atoms with Crippen LogP contribution in [0.4, 0.5) is 5.13 Å². The van der Waals surface area contributed by atoms with Crippen LogP contribution in [0.3, 0.4) is 0 Å². The maximum atomic E-state index is 12.5. The van der Waals surface area contributed by atoms with Crippen LogP contribution < -0.4 is 10.1 Å². The van der Waals surface area contributed by atoms with Gasteiger partial charge in [-0.1, -0.05) is 29.5 Å². The van der Waals surface area contributed by atoms with Crippen molar-refractivity contribution in [1.29, 1.82) is 0 Å². The molecular weight excluding hydrogens is 352 g/mol. The van der Waals surface area contributed by atoms with Gasteiger partial charge in [0.05, 0.1) is 13.0 Å². The van der Waals surface area contributed by atoms with Gasteiger partial charge >= 0.3 is 0 Å². The van der Waals surface area contributed by atoms with Crippen LogP contribution in [0, 0.1) is 5.92 Å². The van der Waals surface area contributed by atoms with E-state index in [1.54, 1.807) is 12.0 Å². The summed E-state index contributed by atoms with van der Waals surface area (Å²) in [6, 6.07) is 7.60. The molecule has 1 aliphatic heterocycles. The first-order chi connectivity index (χ1) is 12.6. The molecule has 2 aliphatic rings. The van der Waals surface area contributed by atoms with Crippen molar-refractivity contribution >= 4 is 28.3 Å². The molecule has 0 spiro atoms. The Morgan fingerprint density at radius 3 is 2.92 bits per heavy atom. The van der Waals surface area contributed by atoms with Crippen LogP contribution in [-0.4, -0.2) is 40.6 Å². The van der Waals surface area contributed by atoms with Gasteiger partial charge in [0.15, 0.2) is 0 Å². The number of amides is 2. The van der Waals surface area contributed by atoms with E-state index in [4.69, 9.17) is 4.74 Å². The number of carbonyl (C=O) groups is 2. The second-order valence-corrected chi connectivity index (χ2v) is 7.71. The Labute approximate surface area is 155 Å². The molecule has 7 nitrogen and oxygen atoms in total. The summed E-state index contributed by atoms with van der Waals surface area (Å²) in [7, 11) is 1.61. The Morgan fingerprint density at radius 1 is 1.35 bits per heavy atom. The van der Waals surface area contributed by atoms with Crippen molar-refractivity contribution in [3.8, 4) is 5.75 Å². The van der Waals surface area contributed by atoms with Gasteiger partial charge < -0.3 is 15.0 Å². The maximum Gasteiger partial charge on any atom is 0.231 e. The molecular formula is C18H20N4O3S. The quantitative estimate of drug-likeness (QED) is 0.842. The predicted molar refractivity (Wildman–Crippen MR) is 97.0 cm³/mol. The fourth-order valence-corrected chi connectivity index (χ4v) is 4.04. The van der Waals surface area contributed by atoms with Crippen molar-refractivity contribution < 1.29 is 14.3 Å². The third kappa shape index (κ3) is 3.55. The summed E-state index contributed by atoms with van der Waals surface area (Å²) < 4.78 is 5.34. The summed E-state index contributed by atoms with van der Waals surface area (Å²) >= 11 is 1.43. The largest absolute Gasteiger partial charge is 0.496 e. The molecule has 1 aromatic heterocycles. The molecule has 8 heteroatoms. The van der Waals surface area contributed by atoms with Crippen LogP contribution >= 0.6 is 11.3 Å². The number of nitrogens with zero attached hydrogens (tertiary/aromatic N) is 3. The van der Waals surface area contributed by atoms with E-state index in [0.29, 0.717) is 24.1 Å². The number of ether oxygens (including phenoxy) is 1. The average Bonchev–Trinajstić information content (AvgIpc) is 3.29. The number of methoxy groups -OCH3 is 1. The molecule has 0 bridgehead atoms. The van der Waals surface area contributed by atoms with Crippen LogP contribution in [-0.2, 0) is 16.1 Å². The molecule has 2 amide bonds. The summed E-state index contributed by atoms with van der Waals surface area (Å²) in [4.78, 5) is 26.5. The summed E-state index contributed by atoms with van der Waals surface area (Å²) in [5.74, 6) is 0.703. The highest BCUT2D eigenvalue weighted by atomic mass is 32.1. The minimum absolute atomic E-state index is 0.0213. The van der Waals surface area contributed by atoms with Gasteiger partial charge in [0.2, 0.25) is 16.9 Å². The Balaban J connectivity index is 1.37. The van der Waals surface area contributed by atoms with Gasteiger partial charge in [-0.3, -0.25) is 9.59 Å². The van der Waals surface area contributed by atoms with E-state index in [1.807, 2.05) is 24.3 Å². The molecule has 0 unspecified atom stereocenters. The van der Waals surface area contributed by atoms with Gasteiger partial charge in [0.25, 0.3) is 0 Å². The van der Waals surface area contributed by atoms with E-state index in [0.717, 1.165) is 29.2 Å². The molecule has 2 aromatic rings. The maximum absolute atomic E-state index is 12.5. The molecule has 1 atom stereocenters. The lowest BCUT2D eigenvalue weighted by Crippen LogP contribution is -2.28. The van der Waals surface area contributed by atoms with Crippen molar-refractivity contribution in [3.05, 3.63) is 34.8 Å². The van der Waals surface area contributed by atoms with Gasteiger partial charge in [-0.25, -0.2) is 0 Å². The highest BCUT2D eigenvalue weighted by Crippen LogP contribution is 2.42. The molecule has 26 heavy (non-hydrogen) atoms. The zero-order valence-electron chi connectivity index (χ0n) is 14.5. The number of aromatic nitrogens is 2. The smallest absolute Gasteiger partial charge is 0.231 e. The van der Waals surface area contributed by atoms with Crippen molar-refractivity contribution in [3.63, 3.8) is 0 Å². The third-order valence-corrected chi connectivity index (χ3v) is 5.74. The molecule has 1 saturated carbocycles. The number of carbonyl (C=O) groups excluding carboxylic acids is 2. The third-order valence-electron chi connectivity index (χ3n) is 4.74. The average molecular weight is 372 g/mol. The van der Waals surface area contributed by atoms with Gasteiger partial charge in [-0.15, -0.1) is 10.2 Å². The van der Waals surface area contributed by atoms with Crippen LogP contribution in [0.25, 0.3) is 0 Å². The first kappa shape index (κ1) is 17.0. The Morgan fingerprint density at radius 2 is 2.15 bits per heavy atom. The van der Waals surface area contributed by atoms with Crippen molar-refractivity contribution in [2.45, 2.75) is 31.7 Å². The summed E-state index contributed by atoms with van der Waals surface area (Å²) in [6.45, 7) is 0.842. The Bertz CT molecular complexity index is 833. The van der Waals surface area contributed by atoms with Crippen LogP contribution in [0.5, 0.6) is 5.75 Å². The van der Waals surface area contributed by atoms with Crippen LogP contribution in [0.15, 0.2) is 24.3 Å². The normalized spacial score (nSPS) is 19.7. The Hall–Kier alpha value is -2.48. The lowest BCUT2D eigenvalue weighted by molar-refractivity contribution is -0.128. The fourth-order valence-electron chi connectivity index (χ4n) is 3.13. The van der Waals surface area contributed by atoms with Crippen molar-refractivity contribution in [2.75, 3.05) is 19.0 Å². The molecule has 2 fully saturated rings. The molecule has 1 aliphatic carbocycles. The van der Waals surface area contributed by atoms with E-state index in [-0.39, 0.29) is 24.2 Å². The van der Waals surface area contributed by atoms with Gasteiger partial charge in [0.1, 0.15) is 10.8 Å². The van der Waals surface area contributed by atoms with E-state index >= 15 is 0 Å². The van der Waals surface area contributed by atoms with Crippen molar-refractivity contribution in [2.24, 2.45) is 5.92 Å². The van der Waals surface area contributed by atoms with Crippen molar-refractivity contribution in [1.82, 2.24) is 15.1 Å². The number of hydrogen-bond donors (Lipinski definition) is 1. The zero-order valence-corrected chi connectivity index (χ0v) is 15.3. The topological polar surface area (TPSA) is 84.4 Å². The summed E-state index contributed by atoms with van der Waals surface area (Å²) in [5, 5.41) is 12.5. The zero-order chi connectivity index (χ0) is 18.1. The van der Waals surface area contributed by atoms with Gasteiger partial charge in [-0.2, -0.15) is 0 Å². The van der Waals surface area contributed by atoms with E-state index in [2.05, 4.69) is 15.5 Å². The number of para-hydroxylation sites is 1. The molecule has 1 aromatic carbocycles. The SMILES string of the molecule is COc1ccccc1CN1C[C@H](C(=O)Nc2nnc(C3CC3)s2)CC1=O. The highest BCUT2D eigenvalue weighted by Gasteiger charge is 2.35. The van der Waals surface area contributed by atoms with E-state index < -0.39 is 0 Å². The second-order valence-electron chi connectivity index (χ2n) is 6.70. The first-order valence-electron chi connectivity index (χ1n) is 8.68. The summed E-state index contributed by atoms with van der Waals surface area (Å²) in [5.41, 5.74) is 0.933. The molecule has 0 radical (unpaired) electrons. The number of nitrogens with one attached hydrogen (secondary N) is 1. The van der Waals surface area contributed by atoms with E-state index in [1.165, 1.54) is 11.3 Å². The second kappa shape index (κ2) is 7.03. The highest BCUT2D eigenvalue weighted by molar-refractivity contribution is 7.15. The minimum Gasteiger partial charge on any atom is -0.496 e. The number of likely N-dealkylation sites (tertiary alicyclic amines) is 1. The molecule has 1 saturated heterocycles. The van der Waals surface area contributed by atoms with Crippen LogP contribution in [0.2, 0.25) is 0 Å².